The molecule has 15 nitrogen and oxygen atoms in total. The number of imidazole rings is 1. The summed E-state index contributed by atoms with van der Waals surface area (Å²) < 4.78 is 37.3. The predicted molar refractivity (Wildman–Crippen MR) is 207 cm³/mol. The van der Waals surface area contributed by atoms with Crippen molar-refractivity contribution in [1.29, 1.82) is 0 Å². The molecule has 6 atom stereocenters. The Morgan fingerprint density at radius 2 is 1.51 bits per heavy atom. The Morgan fingerprint density at radius 3 is 2.09 bits per heavy atom. The highest BCUT2D eigenvalue weighted by molar-refractivity contribution is 5.93. The number of H-pyrrole nitrogens is 1. The molecule has 0 bridgehead atoms. The van der Waals surface area contributed by atoms with Crippen LogP contribution in [-0.2, 0) is 43.3 Å². The van der Waals surface area contributed by atoms with E-state index in [0.29, 0.717) is 23.4 Å². The zero-order valence-corrected chi connectivity index (χ0v) is 33.5. The van der Waals surface area contributed by atoms with E-state index in [2.05, 4.69) is 41.5 Å². The van der Waals surface area contributed by atoms with Crippen LogP contribution in [0.4, 0.5) is 13.6 Å². The molecule has 0 saturated heterocycles. The Hall–Kier alpha value is -5.45. The number of hydrogen-bond acceptors (Lipinski definition) is 9. The highest BCUT2D eigenvalue weighted by atomic mass is 19.3. The summed E-state index contributed by atoms with van der Waals surface area (Å²) in [5.41, 5.74) is 0.720. The number of carbonyl (C=O) groups excluding carboxylic acids is 5. The van der Waals surface area contributed by atoms with Crippen molar-refractivity contribution in [2.24, 2.45) is 11.8 Å². The average molecular weight is 799 g/mol. The summed E-state index contributed by atoms with van der Waals surface area (Å²) in [7, 11) is 0. The summed E-state index contributed by atoms with van der Waals surface area (Å²) in [6.45, 7) is 11.7. The van der Waals surface area contributed by atoms with Crippen molar-refractivity contribution < 1.29 is 42.6 Å². The molecule has 3 aromatic rings. The van der Waals surface area contributed by atoms with Crippen LogP contribution in [0.5, 0.6) is 0 Å². The van der Waals surface area contributed by atoms with Gasteiger partial charge in [0.05, 0.1) is 24.6 Å². The number of benzene rings is 1. The third-order valence-corrected chi connectivity index (χ3v) is 8.96. The first-order valence-electron chi connectivity index (χ1n) is 19.0. The maximum Gasteiger partial charge on any atom is 0.408 e. The highest BCUT2D eigenvalue weighted by Crippen LogP contribution is 2.26. The Balaban J connectivity index is 1.85. The van der Waals surface area contributed by atoms with Crippen molar-refractivity contribution >= 4 is 29.7 Å². The number of nitrogens with zero attached hydrogens (tertiary/aromatic N) is 2. The number of halogens is 2. The largest absolute Gasteiger partial charge is 0.444 e. The van der Waals surface area contributed by atoms with Crippen LogP contribution in [0.3, 0.4) is 0 Å². The van der Waals surface area contributed by atoms with E-state index >= 15 is 8.78 Å². The van der Waals surface area contributed by atoms with Crippen molar-refractivity contribution in [1.82, 2.24) is 41.5 Å². The van der Waals surface area contributed by atoms with E-state index in [4.69, 9.17) is 4.74 Å². The fraction of sp³-hybridized carbons (Fsp3) is 0.525. The van der Waals surface area contributed by atoms with Gasteiger partial charge in [0.1, 0.15) is 29.8 Å². The molecule has 0 aliphatic rings. The summed E-state index contributed by atoms with van der Waals surface area (Å²) in [5.74, 6) is -9.78. The lowest BCUT2D eigenvalue weighted by Gasteiger charge is -2.33. The zero-order chi connectivity index (χ0) is 42.3. The van der Waals surface area contributed by atoms with Crippen molar-refractivity contribution in [2.45, 2.75) is 122 Å². The molecule has 1 aromatic carbocycles. The number of amides is 5. The Bertz CT molecular complexity index is 1740. The van der Waals surface area contributed by atoms with Gasteiger partial charge in [0.25, 0.3) is 5.91 Å². The molecule has 7 N–H and O–H groups in total. The van der Waals surface area contributed by atoms with Crippen molar-refractivity contribution in [3.63, 3.8) is 0 Å². The number of aliphatic hydroxyl groups is 1. The van der Waals surface area contributed by atoms with Gasteiger partial charge in [0.15, 0.2) is 0 Å². The lowest BCUT2D eigenvalue weighted by Crippen LogP contribution is -2.63. The molecule has 0 spiro atoms. The van der Waals surface area contributed by atoms with Crippen molar-refractivity contribution in [3.05, 3.63) is 84.2 Å². The number of rotatable bonds is 20. The van der Waals surface area contributed by atoms with Crippen LogP contribution in [0.25, 0.3) is 0 Å². The summed E-state index contributed by atoms with van der Waals surface area (Å²) in [6, 6.07) is 8.14. The van der Waals surface area contributed by atoms with Gasteiger partial charge in [-0.3, -0.25) is 24.2 Å². The van der Waals surface area contributed by atoms with Crippen LogP contribution in [0.1, 0.15) is 78.3 Å². The molecule has 5 amide bonds. The molecule has 0 aliphatic heterocycles. The molecular weight excluding hydrogens is 742 g/mol. The maximum absolute atomic E-state index is 16.0. The van der Waals surface area contributed by atoms with Gasteiger partial charge in [0.2, 0.25) is 17.7 Å². The van der Waals surface area contributed by atoms with E-state index in [1.165, 1.54) is 18.7 Å². The Kier molecular flexibility index (Phi) is 17.1. The molecule has 312 valence electrons. The molecule has 0 saturated carbocycles. The van der Waals surface area contributed by atoms with Gasteiger partial charge in [-0.15, -0.1) is 0 Å². The number of aromatic amines is 1. The van der Waals surface area contributed by atoms with Gasteiger partial charge in [-0.1, -0.05) is 70.5 Å². The molecule has 0 unspecified atom stereocenters. The van der Waals surface area contributed by atoms with E-state index in [0.717, 1.165) is 0 Å². The van der Waals surface area contributed by atoms with Crippen molar-refractivity contribution in [2.75, 3.05) is 0 Å². The summed E-state index contributed by atoms with van der Waals surface area (Å²) >= 11 is 0. The molecule has 0 fully saturated rings. The average Bonchev–Trinajstić information content (AvgIpc) is 3.67. The quantitative estimate of drug-likeness (QED) is 0.0891. The topological polar surface area (TPSA) is 217 Å². The van der Waals surface area contributed by atoms with Crippen LogP contribution < -0.4 is 26.6 Å². The van der Waals surface area contributed by atoms with Crippen LogP contribution in [0, 0.1) is 11.8 Å². The van der Waals surface area contributed by atoms with E-state index in [1.807, 2.05) is 0 Å². The third-order valence-electron chi connectivity index (χ3n) is 8.96. The standard InChI is InChI=1S/C40H56F2N8O7/c1-8-25(4)32(36(54)45-22-27-16-12-13-17-44-27)50-37(55)40(41,42)33(51)29(18-24(2)3)47-35(53)31(20-28-21-43-23-46-28)48-34(52)30(19-26-14-10-9-11-15-26)49-38(56)57-39(5,6)7/h9-17,21,23-25,29-33,51H,8,18-20,22H2,1-7H3,(H,43,46)(H,45,54)(H,47,53)(H,48,52)(H,49,56)(H,50,55)/t25-,29-,30-,31-,32-,33+/m0/s1. The molecular formula is C40H56F2N8O7. The highest BCUT2D eigenvalue weighted by Gasteiger charge is 2.52. The molecule has 2 aromatic heterocycles. The fourth-order valence-electron chi connectivity index (χ4n) is 5.78. The summed E-state index contributed by atoms with van der Waals surface area (Å²) in [6.07, 6.45) is 0.644. The first-order valence-corrected chi connectivity index (χ1v) is 19.0. The number of alkyl halides is 2. The summed E-state index contributed by atoms with van der Waals surface area (Å²) in [5, 5.41) is 23.5. The number of nitrogens with one attached hydrogen (secondary N) is 6. The SMILES string of the molecule is CC[C@H](C)[C@H](NC(=O)C(F)(F)[C@H](O)[C@H](CC(C)C)NC(=O)[C@H](Cc1cnc[nH]1)NC(=O)[C@H](Cc1ccccc1)NC(=O)OC(C)(C)C)C(=O)NCc1ccccn1. The van der Waals surface area contributed by atoms with E-state index in [1.54, 1.807) is 97.0 Å². The first-order chi connectivity index (χ1) is 26.8. The minimum atomic E-state index is -4.49. The van der Waals surface area contributed by atoms with Crippen LogP contribution in [-0.4, -0.2) is 91.6 Å². The number of ether oxygens (including phenoxy) is 1. The van der Waals surface area contributed by atoms with E-state index < -0.39 is 77.4 Å². The minimum absolute atomic E-state index is 0.00961. The lowest BCUT2D eigenvalue weighted by atomic mass is 9.93. The normalized spacial score (nSPS) is 14.9. The molecule has 0 radical (unpaired) electrons. The second-order valence-electron chi connectivity index (χ2n) is 15.4. The van der Waals surface area contributed by atoms with E-state index in [9.17, 15) is 29.1 Å². The predicted octanol–water partition coefficient (Wildman–Crippen LogP) is 3.34. The minimum Gasteiger partial charge on any atom is -0.444 e. The molecule has 17 heteroatoms. The van der Waals surface area contributed by atoms with Crippen LogP contribution in [0.2, 0.25) is 0 Å². The Morgan fingerprint density at radius 1 is 0.860 bits per heavy atom. The van der Waals surface area contributed by atoms with Gasteiger partial charge in [-0.05, 0) is 56.7 Å². The van der Waals surface area contributed by atoms with Crippen LogP contribution >= 0.6 is 0 Å². The van der Waals surface area contributed by atoms with Gasteiger partial charge in [0, 0.05) is 30.9 Å². The van der Waals surface area contributed by atoms with Gasteiger partial charge >= 0.3 is 12.0 Å². The zero-order valence-electron chi connectivity index (χ0n) is 33.5. The van der Waals surface area contributed by atoms with Gasteiger partial charge < -0.3 is 41.4 Å². The number of aliphatic hydroxyl groups excluding tert-OH is 1. The fourth-order valence-corrected chi connectivity index (χ4v) is 5.78. The molecule has 0 aliphatic carbocycles. The second-order valence-corrected chi connectivity index (χ2v) is 15.4. The number of aromatic nitrogens is 3. The number of alkyl carbamates (subject to hydrolysis) is 1. The summed E-state index contributed by atoms with van der Waals surface area (Å²) in [4.78, 5) is 77.9. The van der Waals surface area contributed by atoms with E-state index in [-0.39, 0.29) is 31.7 Å². The molecule has 57 heavy (non-hydrogen) atoms. The molecule has 2 heterocycles. The second kappa shape index (κ2) is 21.2. The maximum atomic E-state index is 16.0. The van der Waals surface area contributed by atoms with Crippen molar-refractivity contribution in [3.8, 4) is 0 Å². The van der Waals surface area contributed by atoms with Crippen LogP contribution in [0.15, 0.2) is 67.3 Å². The monoisotopic (exact) mass is 798 g/mol. The number of hydrogen-bond donors (Lipinski definition) is 7. The third kappa shape index (κ3) is 14.9. The number of carbonyl (C=O) groups is 5. The Labute approximate surface area is 331 Å². The van der Waals surface area contributed by atoms with Gasteiger partial charge in [-0.25, -0.2) is 9.78 Å². The smallest absolute Gasteiger partial charge is 0.408 e. The van der Waals surface area contributed by atoms with Gasteiger partial charge in [-0.2, -0.15) is 8.78 Å². The molecule has 3 rings (SSSR count). The first kappa shape index (κ1) is 45.9. The number of pyridine rings is 1. The lowest BCUT2D eigenvalue weighted by molar-refractivity contribution is -0.170.